The molecule has 1 fully saturated rings. The van der Waals surface area contributed by atoms with Crippen molar-refractivity contribution in [2.24, 2.45) is 0 Å². The van der Waals surface area contributed by atoms with E-state index in [0.29, 0.717) is 0 Å². The van der Waals surface area contributed by atoms with Crippen LogP contribution in [0.3, 0.4) is 0 Å². The summed E-state index contributed by atoms with van der Waals surface area (Å²) in [6.45, 7) is 4.44. The van der Waals surface area contributed by atoms with Gasteiger partial charge in [-0.05, 0) is 27.8 Å². The first kappa shape index (κ1) is 35.0. The normalized spacial score (nSPS) is 20.5. The molecule has 0 saturated carbocycles. The summed E-state index contributed by atoms with van der Waals surface area (Å²) in [6.07, 6.45) is -3.38. The van der Waals surface area contributed by atoms with Crippen LogP contribution in [0.2, 0.25) is 0 Å². The molecule has 0 unspecified atom stereocenters. The van der Waals surface area contributed by atoms with E-state index < -0.39 is 42.3 Å². The summed E-state index contributed by atoms with van der Waals surface area (Å²) < 4.78 is 39.0. The molecule has 0 spiro atoms. The first-order chi connectivity index (χ1) is 24.6. The van der Waals surface area contributed by atoms with E-state index in [1.54, 1.807) is 6.08 Å². The fourth-order valence-electron chi connectivity index (χ4n) is 6.37. The fraction of sp³-hybridized carbons (Fsp3) is 0.233. The maximum absolute atomic E-state index is 13.8. The van der Waals surface area contributed by atoms with Gasteiger partial charge in [0.2, 0.25) is 0 Å². The first-order valence-corrected chi connectivity index (χ1v) is 16.7. The Bertz CT molecular complexity index is 1650. The highest BCUT2D eigenvalue weighted by Gasteiger charge is 2.55. The average Bonchev–Trinajstić information content (AvgIpc) is 3.19. The van der Waals surface area contributed by atoms with Crippen LogP contribution in [-0.2, 0) is 52.0 Å². The monoisotopic (exact) mass is 670 g/mol. The van der Waals surface area contributed by atoms with Gasteiger partial charge in [0.15, 0.2) is 12.4 Å². The van der Waals surface area contributed by atoms with E-state index in [4.69, 9.17) is 28.4 Å². The smallest absolute Gasteiger partial charge is 0.337 e. The lowest BCUT2D eigenvalue weighted by atomic mass is 9.79. The Kier molecular flexibility index (Phi) is 12.0. The molecular formula is C43H42O7. The van der Waals surface area contributed by atoms with Crippen molar-refractivity contribution in [1.29, 1.82) is 0 Å². The number of methoxy groups -OCH3 is 1. The lowest BCUT2D eigenvalue weighted by Gasteiger charge is -2.48. The van der Waals surface area contributed by atoms with Gasteiger partial charge in [0.25, 0.3) is 0 Å². The standard InChI is InChI=1S/C43H42O7/c1-3-29-46-42-40(48-31-33-21-11-5-12-22-33)37(47-30-32-19-9-4-10-20-32)38(39(49-42)41(44)45-2)50-43(34-23-13-6-14-24-34,35-25-15-7-16-26-35)36-27-17-8-18-28-36/h3-28,37-40,42H,1,29-31H2,2H3/t37-,38+,39-,40+,42+/m0/s1. The Morgan fingerprint density at radius 2 is 1.04 bits per heavy atom. The molecule has 0 aromatic heterocycles. The van der Waals surface area contributed by atoms with Crippen molar-refractivity contribution in [3.8, 4) is 0 Å². The zero-order valence-corrected chi connectivity index (χ0v) is 28.1. The van der Waals surface area contributed by atoms with Gasteiger partial charge in [0, 0.05) is 0 Å². The van der Waals surface area contributed by atoms with Crippen molar-refractivity contribution in [3.05, 3.63) is 192 Å². The molecule has 50 heavy (non-hydrogen) atoms. The quantitative estimate of drug-likeness (QED) is 0.0644. The van der Waals surface area contributed by atoms with E-state index in [1.165, 1.54) is 7.11 Å². The van der Waals surface area contributed by atoms with Gasteiger partial charge in [-0.1, -0.05) is 158 Å². The van der Waals surface area contributed by atoms with Crippen LogP contribution in [0.1, 0.15) is 27.8 Å². The largest absolute Gasteiger partial charge is 0.467 e. The second kappa shape index (κ2) is 17.2. The van der Waals surface area contributed by atoms with E-state index in [2.05, 4.69) is 6.58 Å². The number of benzene rings is 5. The first-order valence-electron chi connectivity index (χ1n) is 16.7. The topological polar surface area (TPSA) is 72.5 Å². The van der Waals surface area contributed by atoms with Gasteiger partial charge < -0.3 is 28.4 Å². The van der Waals surface area contributed by atoms with E-state index in [1.807, 2.05) is 152 Å². The van der Waals surface area contributed by atoms with Crippen LogP contribution in [0.15, 0.2) is 164 Å². The summed E-state index contributed by atoms with van der Waals surface area (Å²) >= 11 is 0. The second-order valence-electron chi connectivity index (χ2n) is 12.0. The summed E-state index contributed by atoms with van der Waals surface area (Å²) in [5, 5.41) is 0. The Hall–Kier alpha value is -4.89. The maximum Gasteiger partial charge on any atom is 0.337 e. The van der Waals surface area contributed by atoms with Crippen LogP contribution in [0, 0.1) is 0 Å². The number of hydrogen-bond acceptors (Lipinski definition) is 7. The summed E-state index contributed by atoms with van der Waals surface area (Å²) in [4.78, 5) is 13.8. The van der Waals surface area contributed by atoms with Gasteiger partial charge in [-0.2, -0.15) is 0 Å². The maximum atomic E-state index is 13.8. The molecule has 7 nitrogen and oxygen atoms in total. The summed E-state index contributed by atoms with van der Waals surface area (Å²) in [5.41, 5.74) is 3.26. The number of carbonyl (C=O) groups is 1. The van der Waals surface area contributed by atoms with Crippen LogP contribution in [0.25, 0.3) is 0 Å². The lowest BCUT2D eigenvalue weighted by molar-refractivity contribution is -0.324. The van der Waals surface area contributed by atoms with Crippen molar-refractivity contribution >= 4 is 5.97 Å². The van der Waals surface area contributed by atoms with Crippen molar-refractivity contribution in [1.82, 2.24) is 0 Å². The minimum absolute atomic E-state index is 0.155. The molecule has 1 aliphatic rings. The summed E-state index contributed by atoms with van der Waals surface area (Å²) in [7, 11) is 1.33. The lowest BCUT2D eigenvalue weighted by Crippen LogP contribution is -2.64. The Labute approximate surface area is 294 Å². The molecule has 0 aliphatic carbocycles. The molecule has 0 radical (unpaired) electrons. The van der Waals surface area contributed by atoms with Gasteiger partial charge in [0.05, 0.1) is 26.9 Å². The van der Waals surface area contributed by atoms with Crippen molar-refractivity contribution < 1.29 is 33.2 Å². The van der Waals surface area contributed by atoms with Crippen LogP contribution in [0.4, 0.5) is 0 Å². The Morgan fingerprint density at radius 3 is 1.46 bits per heavy atom. The molecular weight excluding hydrogens is 628 g/mol. The number of carbonyl (C=O) groups excluding carboxylic acids is 1. The van der Waals surface area contributed by atoms with Gasteiger partial charge in [0.1, 0.15) is 23.9 Å². The van der Waals surface area contributed by atoms with Gasteiger partial charge in [-0.3, -0.25) is 0 Å². The zero-order chi connectivity index (χ0) is 34.6. The van der Waals surface area contributed by atoms with E-state index in [-0.39, 0.29) is 19.8 Å². The van der Waals surface area contributed by atoms with Crippen molar-refractivity contribution in [2.45, 2.75) is 49.5 Å². The zero-order valence-electron chi connectivity index (χ0n) is 28.1. The molecule has 7 heteroatoms. The molecule has 5 aromatic rings. The molecule has 6 rings (SSSR count). The number of ether oxygens (including phenoxy) is 6. The van der Waals surface area contributed by atoms with E-state index in [9.17, 15) is 4.79 Å². The number of esters is 1. The highest BCUT2D eigenvalue weighted by atomic mass is 16.7. The molecule has 5 aromatic carbocycles. The van der Waals surface area contributed by atoms with Gasteiger partial charge >= 0.3 is 5.97 Å². The Morgan fingerprint density at radius 1 is 0.620 bits per heavy atom. The minimum atomic E-state index is -1.25. The van der Waals surface area contributed by atoms with Gasteiger partial charge in [-0.15, -0.1) is 6.58 Å². The van der Waals surface area contributed by atoms with Crippen molar-refractivity contribution in [3.63, 3.8) is 0 Å². The average molecular weight is 671 g/mol. The third-order valence-corrected chi connectivity index (χ3v) is 8.73. The van der Waals surface area contributed by atoms with E-state index in [0.717, 1.165) is 27.8 Å². The molecule has 5 atom stereocenters. The number of hydrogen-bond donors (Lipinski definition) is 0. The van der Waals surface area contributed by atoms with Crippen LogP contribution in [-0.4, -0.2) is 50.4 Å². The molecule has 1 aliphatic heterocycles. The SMILES string of the molecule is C=CCO[C@@H]1O[C@H](C(=O)OC)[C@H](OC(c2ccccc2)(c2ccccc2)c2ccccc2)[C@H](OCc2ccccc2)[C@H]1OCc1ccccc1. The molecule has 0 N–H and O–H groups in total. The molecule has 0 bridgehead atoms. The highest BCUT2D eigenvalue weighted by molar-refractivity contribution is 5.75. The van der Waals surface area contributed by atoms with E-state index >= 15 is 0 Å². The molecule has 1 heterocycles. The highest BCUT2D eigenvalue weighted by Crippen LogP contribution is 2.44. The number of rotatable bonds is 15. The minimum Gasteiger partial charge on any atom is -0.467 e. The predicted molar refractivity (Wildman–Crippen MR) is 191 cm³/mol. The molecule has 256 valence electrons. The summed E-state index contributed by atoms with van der Waals surface area (Å²) in [5.74, 6) is -0.625. The third kappa shape index (κ3) is 7.94. The Balaban J connectivity index is 1.52. The van der Waals surface area contributed by atoms with Crippen LogP contribution in [0.5, 0.6) is 0 Å². The van der Waals surface area contributed by atoms with Crippen LogP contribution < -0.4 is 0 Å². The van der Waals surface area contributed by atoms with Crippen molar-refractivity contribution in [2.75, 3.05) is 13.7 Å². The third-order valence-electron chi connectivity index (χ3n) is 8.73. The molecule has 0 amide bonds. The predicted octanol–water partition coefficient (Wildman–Crippen LogP) is 7.64. The van der Waals surface area contributed by atoms with Gasteiger partial charge in [-0.25, -0.2) is 4.79 Å². The summed E-state index contributed by atoms with van der Waals surface area (Å²) in [6, 6.07) is 49.6. The molecule has 1 saturated heterocycles. The second-order valence-corrected chi connectivity index (χ2v) is 12.0. The van der Waals surface area contributed by atoms with Crippen LogP contribution >= 0.6 is 0 Å². The fourth-order valence-corrected chi connectivity index (χ4v) is 6.37.